The van der Waals surface area contributed by atoms with E-state index in [0.717, 1.165) is 12.8 Å². The van der Waals surface area contributed by atoms with E-state index in [1.807, 2.05) is 0 Å². The van der Waals surface area contributed by atoms with E-state index in [1.165, 1.54) is 6.42 Å². The van der Waals surface area contributed by atoms with Gasteiger partial charge >= 0.3 is 0 Å². The van der Waals surface area contributed by atoms with Crippen molar-refractivity contribution < 1.29 is 13.2 Å². The molecule has 1 aliphatic rings. The number of primary sulfonamides is 1. The van der Waals surface area contributed by atoms with Crippen molar-refractivity contribution in [3.8, 4) is 0 Å². The van der Waals surface area contributed by atoms with Crippen molar-refractivity contribution >= 4 is 10.0 Å². The summed E-state index contributed by atoms with van der Waals surface area (Å²) in [4.78, 5) is 0. The molecule has 96 valence electrons. The molecule has 0 radical (unpaired) electrons. The molecule has 0 aromatic rings. The van der Waals surface area contributed by atoms with Crippen molar-refractivity contribution in [3.05, 3.63) is 0 Å². The topological polar surface area (TPSA) is 69.4 Å². The second kappa shape index (κ2) is 5.02. The third-order valence-electron chi connectivity index (χ3n) is 3.07. The highest BCUT2D eigenvalue weighted by Crippen LogP contribution is 2.39. The Morgan fingerprint density at radius 1 is 1.38 bits per heavy atom. The largest absolute Gasteiger partial charge is 0.377 e. The molecule has 1 saturated carbocycles. The normalized spacial score (nSPS) is 30.2. The van der Waals surface area contributed by atoms with E-state index in [9.17, 15) is 8.42 Å². The van der Waals surface area contributed by atoms with Crippen LogP contribution in [-0.2, 0) is 14.8 Å². The van der Waals surface area contributed by atoms with Crippen LogP contribution in [0.5, 0.6) is 0 Å². The van der Waals surface area contributed by atoms with Crippen LogP contribution in [0.15, 0.2) is 0 Å². The number of rotatable bonds is 4. The highest BCUT2D eigenvalue weighted by molar-refractivity contribution is 7.89. The molecule has 0 bridgehead atoms. The Kier molecular flexibility index (Phi) is 4.37. The van der Waals surface area contributed by atoms with Crippen LogP contribution < -0.4 is 5.14 Å². The Morgan fingerprint density at radius 3 is 2.50 bits per heavy atom. The van der Waals surface area contributed by atoms with Crippen molar-refractivity contribution in [2.45, 2.75) is 46.1 Å². The zero-order chi connectivity index (χ0) is 12.4. The third-order valence-corrected chi connectivity index (χ3v) is 3.80. The lowest BCUT2D eigenvalue weighted by molar-refractivity contribution is -0.0164. The van der Waals surface area contributed by atoms with Crippen LogP contribution in [0.25, 0.3) is 0 Å². The highest BCUT2D eigenvalue weighted by atomic mass is 32.2. The van der Waals surface area contributed by atoms with Crippen LogP contribution in [0.3, 0.4) is 0 Å². The van der Waals surface area contributed by atoms with Crippen LogP contribution in [-0.4, -0.2) is 26.9 Å². The average Bonchev–Trinajstić information content (AvgIpc) is 1.96. The Hall–Kier alpha value is -0.130. The van der Waals surface area contributed by atoms with Crippen LogP contribution >= 0.6 is 0 Å². The maximum atomic E-state index is 10.8. The predicted molar refractivity (Wildman–Crippen MR) is 64.5 cm³/mol. The molecule has 5 heteroatoms. The number of ether oxygens (including phenoxy) is 1. The first kappa shape index (κ1) is 13.9. The fourth-order valence-corrected chi connectivity index (χ4v) is 3.04. The number of hydrogen-bond donors (Lipinski definition) is 1. The summed E-state index contributed by atoms with van der Waals surface area (Å²) in [6.07, 6.45) is 3.42. The second-order valence-electron chi connectivity index (χ2n) is 5.77. The molecule has 0 aliphatic heterocycles. The zero-order valence-corrected chi connectivity index (χ0v) is 11.2. The fraction of sp³-hybridized carbons (Fsp3) is 1.00. The van der Waals surface area contributed by atoms with Gasteiger partial charge in [-0.15, -0.1) is 0 Å². The van der Waals surface area contributed by atoms with Gasteiger partial charge in [-0.2, -0.15) is 0 Å². The Bertz CT molecular complexity index is 324. The molecule has 0 aromatic heterocycles. The van der Waals surface area contributed by atoms with E-state index in [-0.39, 0.29) is 18.5 Å². The van der Waals surface area contributed by atoms with Gasteiger partial charge in [-0.1, -0.05) is 20.8 Å². The molecule has 1 rings (SSSR count). The molecular formula is C11H23NO3S. The van der Waals surface area contributed by atoms with Gasteiger partial charge in [0, 0.05) is 0 Å². The summed E-state index contributed by atoms with van der Waals surface area (Å²) in [6.45, 7) is 6.90. The maximum Gasteiger partial charge on any atom is 0.211 e. The van der Waals surface area contributed by atoms with Gasteiger partial charge in [0.2, 0.25) is 10.0 Å². The van der Waals surface area contributed by atoms with Crippen molar-refractivity contribution in [1.29, 1.82) is 0 Å². The first-order valence-corrected chi connectivity index (χ1v) is 7.51. The van der Waals surface area contributed by atoms with E-state index < -0.39 is 10.0 Å². The third kappa shape index (κ3) is 5.27. The monoisotopic (exact) mass is 249 g/mol. The molecule has 2 atom stereocenters. The maximum absolute atomic E-state index is 10.8. The Morgan fingerprint density at radius 2 is 2.00 bits per heavy atom. The van der Waals surface area contributed by atoms with Gasteiger partial charge < -0.3 is 4.74 Å². The summed E-state index contributed by atoms with van der Waals surface area (Å²) in [5.41, 5.74) is 0.296. The van der Waals surface area contributed by atoms with Crippen molar-refractivity contribution in [2.75, 3.05) is 12.4 Å². The molecule has 0 heterocycles. The van der Waals surface area contributed by atoms with Gasteiger partial charge in [0.05, 0.1) is 18.5 Å². The van der Waals surface area contributed by atoms with Crippen LogP contribution in [0.2, 0.25) is 0 Å². The molecule has 2 N–H and O–H groups in total. The summed E-state index contributed by atoms with van der Waals surface area (Å²) in [7, 11) is -3.39. The first-order chi connectivity index (χ1) is 7.18. The molecule has 0 saturated heterocycles. The van der Waals surface area contributed by atoms with E-state index in [0.29, 0.717) is 11.3 Å². The predicted octanol–water partition coefficient (Wildman–Crippen LogP) is 1.51. The van der Waals surface area contributed by atoms with Gasteiger partial charge in [0.1, 0.15) is 0 Å². The van der Waals surface area contributed by atoms with Crippen LogP contribution in [0.4, 0.5) is 0 Å². The van der Waals surface area contributed by atoms with Gasteiger partial charge in [-0.05, 0) is 30.6 Å². The summed E-state index contributed by atoms with van der Waals surface area (Å²) in [6, 6.07) is 0. The fourth-order valence-electron chi connectivity index (χ4n) is 2.72. The number of hydrogen-bond acceptors (Lipinski definition) is 3. The highest BCUT2D eigenvalue weighted by Gasteiger charge is 2.32. The minimum absolute atomic E-state index is 0.0850. The molecule has 0 aromatic carbocycles. The van der Waals surface area contributed by atoms with Crippen molar-refractivity contribution in [2.24, 2.45) is 16.5 Å². The molecule has 0 amide bonds. The van der Waals surface area contributed by atoms with Gasteiger partial charge in [-0.3, -0.25) is 0 Å². The summed E-state index contributed by atoms with van der Waals surface area (Å²) >= 11 is 0. The summed E-state index contributed by atoms with van der Waals surface area (Å²) < 4.78 is 27.1. The molecular weight excluding hydrogens is 226 g/mol. The average molecular weight is 249 g/mol. The lowest BCUT2D eigenvalue weighted by atomic mass is 9.71. The molecule has 1 fully saturated rings. The zero-order valence-electron chi connectivity index (χ0n) is 10.4. The Labute approximate surface area is 98.6 Å². The quantitative estimate of drug-likeness (QED) is 0.821. The molecule has 0 spiro atoms. The minimum atomic E-state index is -3.39. The van der Waals surface area contributed by atoms with Gasteiger partial charge in [0.15, 0.2) is 0 Å². The van der Waals surface area contributed by atoms with E-state index >= 15 is 0 Å². The smallest absolute Gasteiger partial charge is 0.211 e. The van der Waals surface area contributed by atoms with E-state index in [2.05, 4.69) is 20.8 Å². The summed E-state index contributed by atoms with van der Waals surface area (Å²) in [5, 5.41) is 4.92. The standard InChI is InChI=1S/C11H23NO3S/c1-9-6-10(8-11(2,3)7-9)15-4-5-16(12,13)14/h9-10H,4-8H2,1-3H3,(H2,12,13,14). The first-order valence-electron chi connectivity index (χ1n) is 5.80. The summed E-state index contributed by atoms with van der Waals surface area (Å²) in [5.74, 6) is 0.557. The SMILES string of the molecule is CC1CC(OCCS(N)(=O)=O)CC(C)(C)C1. The van der Waals surface area contributed by atoms with Crippen molar-refractivity contribution in [1.82, 2.24) is 0 Å². The van der Waals surface area contributed by atoms with Gasteiger partial charge in [-0.25, -0.2) is 13.6 Å². The van der Waals surface area contributed by atoms with E-state index in [4.69, 9.17) is 9.88 Å². The van der Waals surface area contributed by atoms with Crippen LogP contribution in [0.1, 0.15) is 40.0 Å². The minimum Gasteiger partial charge on any atom is -0.377 e. The Balaban J connectivity index is 2.37. The number of nitrogens with two attached hydrogens (primary N) is 1. The molecule has 4 nitrogen and oxygen atoms in total. The molecule has 1 aliphatic carbocycles. The van der Waals surface area contributed by atoms with Gasteiger partial charge in [0.25, 0.3) is 0 Å². The molecule has 16 heavy (non-hydrogen) atoms. The van der Waals surface area contributed by atoms with Crippen molar-refractivity contribution in [3.63, 3.8) is 0 Å². The molecule has 2 unspecified atom stereocenters. The van der Waals surface area contributed by atoms with E-state index in [1.54, 1.807) is 0 Å². The number of sulfonamides is 1. The lowest BCUT2D eigenvalue weighted by Gasteiger charge is -2.38. The lowest BCUT2D eigenvalue weighted by Crippen LogP contribution is -2.34. The second-order valence-corrected chi connectivity index (χ2v) is 7.51. The van der Waals surface area contributed by atoms with Crippen LogP contribution in [0, 0.1) is 11.3 Å².